The van der Waals surface area contributed by atoms with E-state index in [9.17, 15) is 0 Å². The molecular formula is C20H33N5O. The molecule has 144 valence electrons. The maximum atomic E-state index is 5.73. The highest BCUT2D eigenvalue weighted by molar-refractivity contribution is 5.20. The first-order chi connectivity index (χ1) is 12.5. The Labute approximate surface area is 157 Å². The molecule has 0 unspecified atom stereocenters. The molecule has 0 amide bonds. The molecule has 0 bridgehead atoms. The number of hydrogen-bond donors (Lipinski definition) is 1. The van der Waals surface area contributed by atoms with Gasteiger partial charge >= 0.3 is 0 Å². The first-order valence-corrected chi connectivity index (χ1v) is 9.54. The van der Waals surface area contributed by atoms with E-state index in [2.05, 4.69) is 41.0 Å². The number of hydrogen-bond acceptors (Lipinski definition) is 5. The molecule has 0 atom stereocenters. The van der Waals surface area contributed by atoms with E-state index >= 15 is 0 Å². The molecule has 0 saturated heterocycles. The lowest BCUT2D eigenvalue weighted by atomic mass is 10.1. The molecule has 6 nitrogen and oxygen atoms in total. The summed E-state index contributed by atoms with van der Waals surface area (Å²) in [4.78, 5) is 6.91. The monoisotopic (exact) mass is 359 g/mol. The Balaban J connectivity index is 1.93. The van der Waals surface area contributed by atoms with Crippen LogP contribution in [0, 0.1) is 13.8 Å². The van der Waals surface area contributed by atoms with Crippen molar-refractivity contribution < 1.29 is 4.74 Å². The zero-order valence-electron chi connectivity index (χ0n) is 16.7. The molecular weight excluding hydrogens is 326 g/mol. The Bertz CT molecular complexity index is 663. The highest BCUT2D eigenvalue weighted by Gasteiger charge is 2.11. The minimum absolute atomic E-state index is 0.637. The van der Waals surface area contributed by atoms with Crippen LogP contribution in [0.2, 0.25) is 0 Å². The Morgan fingerprint density at radius 2 is 1.81 bits per heavy atom. The van der Waals surface area contributed by atoms with Gasteiger partial charge in [-0.1, -0.05) is 0 Å². The van der Waals surface area contributed by atoms with Gasteiger partial charge in [0.2, 0.25) is 5.88 Å². The van der Waals surface area contributed by atoms with Crippen LogP contribution in [0.1, 0.15) is 42.4 Å². The van der Waals surface area contributed by atoms with E-state index in [-0.39, 0.29) is 0 Å². The van der Waals surface area contributed by atoms with E-state index in [1.807, 2.05) is 24.7 Å². The molecule has 0 fully saturated rings. The van der Waals surface area contributed by atoms with Crippen molar-refractivity contribution >= 4 is 0 Å². The third-order valence-corrected chi connectivity index (χ3v) is 4.39. The standard InChI is InChI=1S/C20H33N5O/c1-5-26-20-14-19(24(4)23-20)15-25(11-7-9-21)10-6-8-18-12-16(2)22-17(3)13-18/h12-14H,5-11,15,21H2,1-4H3. The van der Waals surface area contributed by atoms with Crippen LogP contribution in [0.4, 0.5) is 0 Å². The second kappa shape index (κ2) is 10.3. The number of nitrogens with two attached hydrogens (primary N) is 1. The summed E-state index contributed by atoms with van der Waals surface area (Å²) in [6, 6.07) is 6.41. The topological polar surface area (TPSA) is 69.2 Å². The molecule has 2 N–H and O–H groups in total. The lowest BCUT2D eigenvalue weighted by molar-refractivity contribution is 0.254. The van der Waals surface area contributed by atoms with Gasteiger partial charge in [-0.2, -0.15) is 0 Å². The minimum Gasteiger partial charge on any atom is -0.477 e. The van der Waals surface area contributed by atoms with Crippen LogP contribution >= 0.6 is 0 Å². The van der Waals surface area contributed by atoms with Crippen LogP contribution in [-0.4, -0.2) is 45.9 Å². The molecule has 6 heteroatoms. The number of rotatable bonds is 11. The lowest BCUT2D eigenvalue weighted by Gasteiger charge is -2.22. The van der Waals surface area contributed by atoms with Gasteiger partial charge in [0, 0.05) is 31.0 Å². The second-order valence-electron chi connectivity index (χ2n) is 6.81. The third-order valence-electron chi connectivity index (χ3n) is 4.39. The summed E-state index contributed by atoms with van der Waals surface area (Å²) in [5, 5.41) is 4.42. The van der Waals surface area contributed by atoms with E-state index < -0.39 is 0 Å². The van der Waals surface area contributed by atoms with Gasteiger partial charge in [-0.3, -0.25) is 14.6 Å². The first-order valence-electron chi connectivity index (χ1n) is 9.54. The molecule has 2 heterocycles. The summed E-state index contributed by atoms with van der Waals surface area (Å²) in [5.41, 5.74) is 10.5. The molecule has 0 radical (unpaired) electrons. The van der Waals surface area contributed by atoms with Crippen molar-refractivity contribution in [1.82, 2.24) is 19.7 Å². The highest BCUT2D eigenvalue weighted by atomic mass is 16.5. The number of nitrogens with zero attached hydrogens (tertiary/aromatic N) is 4. The van der Waals surface area contributed by atoms with E-state index in [1.165, 1.54) is 11.3 Å². The molecule has 0 aromatic carbocycles. The summed E-state index contributed by atoms with van der Waals surface area (Å²) in [6.45, 7) is 10.3. The van der Waals surface area contributed by atoms with E-state index in [0.29, 0.717) is 12.5 Å². The zero-order chi connectivity index (χ0) is 18.9. The van der Waals surface area contributed by atoms with Gasteiger partial charge in [-0.25, -0.2) is 0 Å². The molecule has 0 saturated carbocycles. The maximum Gasteiger partial charge on any atom is 0.233 e. The van der Waals surface area contributed by atoms with E-state index in [1.54, 1.807) is 0 Å². The van der Waals surface area contributed by atoms with Gasteiger partial charge in [0.1, 0.15) is 0 Å². The predicted octanol–water partition coefficient (Wildman–Crippen LogP) is 2.61. The maximum absolute atomic E-state index is 5.73. The minimum atomic E-state index is 0.637. The van der Waals surface area contributed by atoms with Gasteiger partial charge in [0.15, 0.2) is 0 Å². The molecule has 0 aliphatic rings. The molecule has 0 aliphatic carbocycles. The summed E-state index contributed by atoms with van der Waals surface area (Å²) in [5.74, 6) is 0.700. The molecule has 2 aromatic rings. The van der Waals surface area contributed by atoms with E-state index in [4.69, 9.17) is 10.5 Å². The third kappa shape index (κ3) is 6.42. The average molecular weight is 360 g/mol. The number of aryl methyl sites for hydroxylation is 4. The number of pyridine rings is 1. The van der Waals surface area contributed by atoms with Gasteiger partial charge in [-0.05, 0) is 77.4 Å². The van der Waals surface area contributed by atoms with Crippen LogP contribution in [-0.2, 0) is 20.0 Å². The Kier molecular flexibility index (Phi) is 8.06. The summed E-state index contributed by atoms with van der Waals surface area (Å²) in [6.07, 6.45) is 3.19. The van der Waals surface area contributed by atoms with Crippen LogP contribution in [0.25, 0.3) is 0 Å². The van der Waals surface area contributed by atoms with Crippen molar-refractivity contribution in [2.75, 3.05) is 26.2 Å². The van der Waals surface area contributed by atoms with Gasteiger partial charge in [0.05, 0.1) is 12.3 Å². The van der Waals surface area contributed by atoms with Gasteiger partial charge in [-0.15, -0.1) is 5.10 Å². The molecule has 2 aromatic heterocycles. The van der Waals surface area contributed by atoms with Crippen molar-refractivity contribution in [3.05, 3.63) is 40.8 Å². The van der Waals surface area contributed by atoms with Crippen molar-refractivity contribution in [3.8, 4) is 5.88 Å². The summed E-state index contributed by atoms with van der Waals surface area (Å²) in [7, 11) is 1.97. The molecule has 0 aliphatic heterocycles. The van der Waals surface area contributed by atoms with Crippen molar-refractivity contribution in [1.29, 1.82) is 0 Å². The predicted molar refractivity (Wildman–Crippen MR) is 105 cm³/mol. The Morgan fingerprint density at radius 1 is 1.12 bits per heavy atom. The van der Waals surface area contributed by atoms with Crippen molar-refractivity contribution in [2.45, 2.75) is 46.6 Å². The lowest BCUT2D eigenvalue weighted by Crippen LogP contribution is -2.28. The average Bonchev–Trinajstić information content (AvgIpc) is 2.91. The van der Waals surface area contributed by atoms with Crippen molar-refractivity contribution in [2.24, 2.45) is 12.8 Å². The Hall–Kier alpha value is -1.92. The van der Waals surface area contributed by atoms with Crippen LogP contribution in [0.5, 0.6) is 5.88 Å². The largest absolute Gasteiger partial charge is 0.477 e. The smallest absolute Gasteiger partial charge is 0.233 e. The Morgan fingerprint density at radius 3 is 2.46 bits per heavy atom. The van der Waals surface area contributed by atoms with Gasteiger partial charge in [0.25, 0.3) is 0 Å². The zero-order valence-corrected chi connectivity index (χ0v) is 16.7. The van der Waals surface area contributed by atoms with Crippen LogP contribution in [0.15, 0.2) is 18.2 Å². The number of aromatic nitrogens is 3. The van der Waals surface area contributed by atoms with E-state index in [0.717, 1.165) is 56.8 Å². The first kappa shape index (κ1) is 20.4. The van der Waals surface area contributed by atoms with Gasteiger partial charge < -0.3 is 10.5 Å². The highest BCUT2D eigenvalue weighted by Crippen LogP contribution is 2.14. The fraction of sp³-hybridized carbons (Fsp3) is 0.600. The van der Waals surface area contributed by atoms with Crippen molar-refractivity contribution in [3.63, 3.8) is 0 Å². The number of ether oxygens (including phenoxy) is 1. The molecule has 0 spiro atoms. The fourth-order valence-electron chi connectivity index (χ4n) is 3.23. The summed E-state index contributed by atoms with van der Waals surface area (Å²) >= 11 is 0. The quantitative estimate of drug-likeness (QED) is 0.668. The second-order valence-corrected chi connectivity index (χ2v) is 6.81. The fourth-order valence-corrected chi connectivity index (χ4v) is 3.23. The summed E-state index contributed by atoms with van der Waals surface area (Å²) < 4.78 is 7.43. The molecule has 2 rings (SSSR count). The van der Waals surface area contributed by atoms with Crippen LogP contribution < -0.4 is 10.5 Å². The molecule has 26 heavy (non-hydrogen) atoms. The SMILES string of the molecule is CCOc1cc(CN(CCCN)CCCc2cc(C)nc(C)c2)n(C)n1. The van der Waals surface area contributed by atoms with Crippen LogP contribution in [0.3, 0.4) is 0 Å². The normalized spacial score (nSPS) is 11.3.